The van der Waals surface area contributed by atoms with Crippen molar-refractivity contribution in [1.29, 1.82) is 0 Å². The number of nitrogens with zero attached hydrogens (tertiary/aromatic N) is 4. The lowest BCUT2D eigenvalue weighted by atomic mass is 10.0. The fourth-order valence-electron chi connectivity index (χ4n) is 4.35. The highest BCUT2D eigenvalue weighted by Crippen LogP contribution is 2.27. The average Bonchev–Trinajstić information content (AvgIpc) is 3.21. The molecule has 1 amide bonds. The number of hydrogen-bond donors (Lipinski definition) is 2. The summed E-state index contributed by atoms with van der Waals surface area (Å²) >= 11 is 6.16. The summed E-state index contributed by atoms with van der Waals surface area (Å²) in [7, 11) is 0.410. The van der Waals surface area contributed by atoms with Crippen LogP contribution in [0.1, 0.15) is 12.0 Å². The van der Waals surface area contributed by atoms with Crippen molar-refractivity contribution in [1.82, 2.24) is 19.6 Å². The summed E-state index contributed by atoms with van der Waals surface area (Å²) in [6.07, 6.45) is 2.52. The van der Waals surface area contributed by atoms with Gasteiger partial charge in [0.1, 0.15) is 34.4 Å². The summed E-state index contributed by atoms with van der Waals surface area (Å²) in [6, 6.07) is 3.33. The minimum Gasteiger partial charge on any atom is -0.467 e. The molecule has 1 aromatic carbocycles. The van der Waals surface area contributed by atoms with E-state index >= 15 is 0 Å². The van der Waals surface area contributed by atoms with Gasteiger partial charge in [0, 0.05) is 44.8 Å². The van der Waals surface area contributed by atoms with Crippen LogP contribution in [-0.2, 0) is 30.8 Å². The van der Waals surface area contributed by atoms with Gasteiger partial charge in [-0.05, 0) is 41.6 Å². The number of hydrogen-bond acceptors (Lipinski definition) is 9. The number of pyridine rings is 2. The van der Waals surface area contributed by atoms with Crippen LogP contribution in [0.15, 0.2) is 41.6 Å². The predicted octanol–water partition coefficient (Wildman–Crippen LogP) is 1.73. The Morgan fingerprint density at radius 2 is 2.08 bits per heavy atom. The normalized spacial score (nSPS) is 16.6. The topological polar surface area (TPSA) is 148 Å². The number of ether oxygens (including phenoxy) is 1. The van der Waals surface area contributed by atoms with Crippen LogP contribution in [0.2, 0.25) is 5.02 Å². The Bertz CT molecular complexity index is 1520. The number of carbonyl (C=O) groups is 2. The van der Waals surface area contributed by atoms with Crippen molar-refractivity contribution in [2.75, 3.05) is 38.4 Å². The highest BCUT2D eigenvalue weighted by Gasteiger charge is 2.41. The minimum absolute atomic E-state index is 0.0520. The lowest BCUT2D eigenvalue weighted by Gasteiger charge is -2.26. The number of aromatic nitrogens is 2. The van der Waals surface area contributed by atoms with Crippen LogP contribution in [0.25, 0.3) is 10.8 Å². The molecule has 1 saturated heterocycles. The van der Waals surface area contributed by atoms with Crippen LogP contribution in [0.5, 0.6) is 0 Å². The van der Waals surface area contributed by atoms with Crippen LogP contribution < -0.4 is 15.4 Å². The highest BCUT2D eigenvalue weighted by atomic mass is 35.5. The molecular formula is C24H26ClFN6O5S. The summed E-state index contributed by atoms with van der Waals surface area (Å²) < 4.78 is 48.2. The van der Waals surface area contributed by atoms with Gasteiger partial charge in [-0.3, -0.25) is 4.79 Å². The van der Waals surface area contributed by atoms with Crippen molar-refractivity contribution < 1.29 is 27.1 Å². The summed E-state index contributed by atoms with van der Waals surface area (Å²) in [5.41, 5.74) is 5.99. The molecule has 0 spiro atoms. The molecule has 3 aromatic rings. The van der Waals surface area contributed by atoms with Crippen molar-refractivity contribution >= 4 is 55.9 Å². The maximum Gasteiger partial charge on any atom is 0.328 e. The molecule has 38 heavy (non-hydrogen) atoms. The molecule has 2 atom stereocenters. The first kappa shape index (κ1) is 27.5. The van der Waals surface area contributed by atoms with Crippen molar-refractivity contribution in [2.45, 2.75) is 29.8 Å². The Morgan fingerprint density at radius 1 is 1.34 bits per heavy atom. The van der Waals surface area contributed by atoms with Crippen molar-refractivity contribution in [3.05, 3.63) is 53.1 Å². The largest absolute Gasteiger partial charge is 0.467 e. The molecule has 0 aliphatic carbocycles. The second kappa shape index (κ2) is 10.7. The van der Waals surface area contributed by atoms with Gasteiger partial charge in [0.25, 0.3) is 0 Å². The van der Waals surface area contributed by atoms with Gasteiger partial charge in [0.05, 0.1) is 12.1 Å². The number of likely N-dealkylation sites (tertiary alicyclic amines) is 1. The predicted molar refractivity (Wildman–Crippen MR) is 140 cm³/mol. The quantitative estimate of drug-likeness (QED) is 0.390. The Morgan fingerprint density at radius 3 is 2.74 bits per heavy atom. The number of esters is 1. The van der Waals surface area contributed by atoms with Gasteiger partial charge in [-0.15, -0.1) is 0 Å². The first-order chi connectivity index (χ1) is 17.9. The van der Waals surface area contributed by atoms with E-state index in [1.165, 1.54) is 29.3 Å². The number of methoxy groups -OCH3 is 1. The second-order valence-corrected chi connectivity index (χ2v) is 11.1. The third-order valence-electron chi connectivity index (χ3n) is 6.29. The fraction of sp³-hybridized carbons (Fsp3) is 0.333. The Kier molecular flexibility index (Phi) is 7.72. The molecule has 3 heterocycles. The molecule has 0 saturated carbocycles. The van der Waals surface area contributed by atoms with E-state index in [1.54, 1.807) is 25.1 Å². The highest BCUT2D eigenvalue weighted by molar-refractivity contribution is 7.89. The van der Waals surface area contributed by atoms with E-state index in [4.69, 9.17) is 22.1 Å². The molecule has 202 valence electrons. The van der Waals surface area contributed by atoms with Gasteiger partial charge in [-0.1, -0.05) is 11.6 Å². The molecule has 2 aromatic heterocycles. The molecule has 1 fully saturated rings. The van der Waals surface area contributed by atoms with Crippen LogP contribution in [0, 0.1) is 5.82 Å². The first-order valence-corrected chi connectivity index (χ1v) is 13.3. The lowest BCUT2D eigenvalue weighted by molar-refractivity contribution is -0.151. The molecule has 1 aliphatic rings. The van der Waals surface area contributed by atoms with E-state index in [2.05, 4.69) is 14.7 Å². The van der Waals surface area contributed by atoms with Crippen LogP contribution in [0.4, 0.5) is 16.0 Å². The molecule has 0 bridgehead atoms. The number of fused-ring (bicyclic) bond motifs is 1. The molecule has 1 aliphatic heterocycles. The number of nitrogens with one attached hydrogen (secondary N) is 1. The summed E-state index contributed by atoms with van der Waals surface area (Å²) in [4.78, 5) is 36.6. The van der Waals surface area contributed by atoms with Gasteiger partial charge >= 0.3 is 5.97 Å². The van der Waals surface area contributed by atoms with Gasteiger partial charge in [0.2, 0.25) is 15.9 Å². The van der Waals surface area contributed by atoms with Crippen LogP contribution >= 0.6 is 11.6 Å². The number of rotatable bonds is 8. The number of sulfonamides is 1. The second-order valence-electron chi connectivity index (χ2n) is 8.97. The number of nitrogen functional groups attached to an aromatic ring is 1. The molecule has 11 nitrogen and oxygen atoms in total. The van der Waals surface area contributed by atoms with Gasteiger partial charge < -0.3 is 20.3 Å². The molecular weight excluding hydrogens is 539 g/mol. The zero-order valence-corrected chi connectivity index (χ0v) is 22.4. The van der Waals surface area contributed by atoms with E-state index < -0.39 is 39.8 Å². The Labute approximate surface area is 223 Å². The zero-order valence-electron chi connectivity index (χ0n) is 20.8. The van der Waals surface area contributed by atoms with E-state index in [0.29, 0.717) is 16.6 Å². The standard InChI is InChI=1S/C24H26ClFN6O5S/c1-31(2)22-17(25)10-15(12-29-22)38(35,36)30-19-5-7-32(23(19)33)20(24(34)37-3)9-14-8-13-4-6-28-21(27)16(13)11-18(14)26/h4,6,8,10-12,19-20,30H,5,7,9H2,1-3H3,(H2,27,28)/t19-,20+/m0/s1. The fourth-order valence-corrected chi connectivity index (χ4v) is 5.94. The van der Waals surface area contributed by atoms with Gasteiger partial charge in [-0.2, -0.15) is 4.72 Å². The van der Waals surface area contributed by atoms with E-state index in [0.717, 1.165) is 13.3 Å². The number of carbonyl (C=O) groups excluding carboxylic acids is 2. The van der Waals surface area contributed by atoms with Crippen molar-refractivity contribution in [3.63, 3.8) is 0 Å². The molecule has 4 rings (SSSR count). The number of benzene rings is 1. The molecule has 3 N–H and O–H groups in total. The summed E-state index contributed by atoms with van der Waals surface area (Å²) in [5, 5.41) is 1.16. The third kappa shape index (κ3) is 5.35. The number of anilines is 2. The summed E-state index contributed by atoms with van der Waals surface area (Å²) in [5.74, 6) is -1.47. The van der Waals surface area contributed by atoms with Crippen LogP contribution in [-0.4, -0.2) is 75.0 Å². The maximum atomic E-state index is 15.0. The van der Waals surface area contributed by atoms with E-state index in [1.807, 2.05) is 0 Å². The maximum absolute atomic E-state index is 15.0. The molecule has 14 heteroatoms. The van der Waals surface area contributed by atoms with Gasteiger partial charge in [0.15, 0.2) is 0 Å². The lowest BCUT2D eigenvalue weighted by Crippen LogP contribution is -2.48. The number of halogens is 2. The molecule has 0 unspecified atom stereocenters. The van der Waals surface area contributed by atoms with E-state index in [9.17, 15) is 22.4 Å². The smallest absolute Gasteiger partial charge is 0.328 e. The summed E-state index contributed by atoms with van der Waals surface area (Å²) in [6.45, 7) is 0.0520. The van der Waals surface area contributed by atoms with Crippen LogP contribution in [0.3, 0.4) is 0 Å². The minimum atomic E-state index is -4.17. The average molecular weight is 565 g/mol. The zero-order chi connectivity index (χ0) is 27.8. The third-order valence-corrected chi connectivity index (χ3v) is 8.01. The molecule has 0 radical (unpaired) electrons. The monoisotopic (exact) mass is 564 g/mol. The van der Waals surface area contributed by atoms with E-state index in [-0.39, 0.29) is 40.7 Å². The number of amides is 1. The SMILES string of the molecule is COC(=O)[C@@H](Cc1cc2ccnc(N)c2cc1F)N1CC[C@H](NS(=O)(=O)c2cnc(N(C)C)c(Cl)c2)C1=O. The van der Waals surface area contributed by atoms with Crippen molar-refractivity contribution in [2.24, 2.45) is 0 Å². The Balaban J connectivity index is 1.56. The van der Waals surface area contributed by atoms with Crippen molar-refractivity contribution in [3.8, 4) is 0 Å². The number of nitrogens with two attached hydrogens (primary N) is 1. The Hall–Kier alpha value is -3.55. The first-order valence-electron chi connectivity index (χ1n) is 11.5. The van der Waals surface area contributed by atoms with Gasteiger partial charge in [-0.25, -0.2) is 27.6 Å².